The van der Waals surface area contributed by atoms with Crippen LogP contribution in [0.25, 0.3) is 0 Å². The van der Waals surface area contributed by atoms with Crippen LogP contribution in [0.1, 0.15) is 31.2 Å². The van der Waals surface area contributed by atoms with Gasteiger partial charge in [0.2, 0.25) is 0 Å². The van der Waals surface area contributed by atoms with Gasteiger partial charge >= 0.3 is 0 Å². The number of carbonyl (C=O) groups excluding carboxylic acids is 1. The smallest absolute Gasteiger partial charge is 0.255 e. The van der Waals surface area contributed by atoms with Crippen molar-refractivity contribution >= 4 is 17.5 Å². The van der Waals surface area contributed by atoms with E-state index in [-0.39, 0.29) is 6.61 Å². The highest BCUT2D eigenvalue weighted by Crippen LogP contribution is 2.46. The Bertz CT molecular complexity index is 638. The summed E-state index contributed by atoms with van der Waals surface area (Å²) >= 11 is 6.28. The second-order valence-electron chi connectivity index (χ2n) is 8.17. The highest BCUT2D eigenvalue weighted by atomic mass is 35.5. The first-order valence-corrected chi connectivity index (χ1v) is 9.77. The Morgan fingerprint density at radius 3 is 2.31 bits per heavy atom. The van der Waals surface area contributed by atoms with Crippen LogP contribution in [0.2, 0.25) is 5.02 Å². The van der Waals surface area contributed by atoms with E-state index in [1.165, 1.54) is 25.7 Å². The van der Waals surface area contributed by atoms with Crippen LogP contribution in [-0.2, 0) is 11.3 Å². The van der Waals surface area contributed by atoms with E-state index < -0.39 is 5.91 Å². The van der Waals surface area contributed by atoms with Crippen molar-refractivity contribution in [2.24, 2.45) is 17.6 Å². The summed E-state index contributed by atoms with van der Waals surface area (Å²) < 4.78 is 5.31. The van der Waals surface area contributed by atoms with Gasteiger partial charge in [0, 0.05) is 18.6 Å². The van der Waals surface area contributed by atoms with E-state index >= 15 is 0 Å². The summed E-state index contributed by atoms with van der Waals surface area (Å²) in [5.41, 5.74) is 6.26. The van der Waals surface area contributed by atoms with Crippen LogP contribution in [0.15, 0.2) is 18.2 Å². The number of benzene rings is 1. The molecular weight excluding hydrogens is 350 g/mol. The van der Waals surface area contributed by atoms with Gasteiger partial charge in [0.05, 0.1) is 5.02 Å². The Labute approximate surface area is 161 Å². The number of hydrogen-bond acceptors (Lipinski definition) is 4. The summed E-state index contributed by atoms with van der Waals surface area (Å²) in [6.07, 6.45) is 5.30. The normalized spacial score (nSPS) is 27.9. The molecule has 2 unspecified atom stereocenters. The third-order valence-corrected chi connectivity index (χ3v) is 6.41. The molecule has 0 bridgehead atoms. The minimum Gasteiger partial charge on any atom is -0.482 e. The molecule has 3 rings (SSSR count). The molecule has 26 heavy (non-hydrogen) atoms. The number of hydrogen-bond donors (Lipinski definition) is 1. The van der Waals surface area contributed by atoms with Crippen molar-refractivity contribution in [1.82, 2.24) is 9.80 Å². The van der Waals surface area contributed by atoms with E-state index in [4.69, 9.17) is 22.1 Å². The zero-order valence-electron chi connectivity index (χ0n) is 16.0. The number of nitrogens with zero attached hydrogens (tertiary/aromatic N) is 2. The van der Waals surface area contributed by atoms with Gasteiger partial charge in [-0.3, -0.25) is 9.69 Å². The Morgan fingerprint density at radius 2 is 1.77 bits per heavy atom. The summed E-state index contributed by atoms with van der Waals surface area (Å²) in [6.45, 7) is 0.717. The predicted molar refractivity (Wildman–Crippen MR) is 104 cm³/mol. The molecule has 144 valence electrons. The molecule has 1 aromatic rings. The number of rotatable bonds is 7. The fourth-order valence-electron chi connectivity index (χ4n) is 4.66. The van der Waals surface area contributed by atoms with Gasteiger partial charge in [-0.05, 0) is 76.4 Å². The number of carbonyl (C=O) groups is 1. The van der Waals surface area contributed by atoms with Crippen LogP contribution in [0.3, 0.4) is 0 Å². The fraction of sp³-hybridized carbons (Fsp3) is 0.650. The van der Waals surface area contributed by atoms with Crippen LogP contribution in [-0.4, -0.2) is 55.5 Å². The summed E-state index contributed by atoms with van der Waals surface area (Å²) in [4.78, 5) is 15.7. The first-order chi connectivity index (χ1) is 12.3. The third kappa shape index (κ3) is 4.51. The molecule has 2 N–H and O–H groups in total. The molecule has 0 aromatic heterocycles. The zero-order valence-corrected chi connectivity index (χ0v) is 16.7. The van der Waals surface area contributed by atoms with Gasteiger partial charge in [0.15, 0.2) is 6.61 Å². The number of nitrogens with two attached hydrogens (primary N) is 1. The van der Waals surface area contributed by atoms with Crippen LogP contribution >= 0.6 is 11.6 Å². The first kappa shape index (κ1) is 19.5. The Hall–Kier alpha value is -1.30. The number of halogens is 1. The maximum atomic E-state index is 10.8. The van der Waals surface area contributed by atoms with E-state index in [1.54, 1.807) is 0 Å². The molecule has 0 aliphatic heterocycles. The van der Waals surface area contributed by atoms with Gasteiger partial charge in [0.25, 0.3) is 5.91 Å². The van der Waals surface area contributed by atoms with Gasteiger partial charge < -0.3 is 15.4 Å². The maximum Gasteiger partial charge on any atom is 0.255 e. The van der Waals surface area contributed by atoms with Crippen molar-refractivity contribution < 1.29 is 9.53 Å². The minimum absolute atomic E-state index is 0.155. The lowest BCUT2D eigenvalue weighted by atomic mass is 10.0. The summed E-state index contributed by atoms with van der Waals surface area (Å²) in [5.74, 6) is 1.75. The molecular formula is C20H30ClN3O2. The lowest BCUT2D eigenvalue weighted by Gasteiger charge is -2.27. The van der Waals surface area contributed by atoms with Gasteiger partial charge in [0.1, 0.15) is 5.75 Å². The van der Waals surface area contributed by atoms with Crippen molar-refractivity contribution in [3.05, 3.63) is 28.8 Å². The van der Waals surface area contributed by atoms with Crippen molar-refractivity contribution in [3.8, 4) is 5.75 Å². The van der Waals surface area contributed by atoms with E-state index in [1.807, 2.05) is 18.2 Å². The van der Waals surface area contributed by atoms with Crippen molar-refractivity contribution in [1.29, 1.82) is 0 Å². The molecule has 0 radical (unpaired) electrons. The molecule has 2 saturated carbocycles. The average Bonchev–Trinajstić information content (AvgIpc) is 3.12. The van der Waals surface area contributed by atoms with Crippen LogP contribution in [0, 0.1) is 11.8 Å². The standard InChI is InChI=1S/C20H30ClN3O2/c1-23(2)16-7-14-9-17(10-15(14)8-16)24(3)11-13-4-5-19(18(21)6-13)26-12-20(22)25/h4-6,14-17H,7-12H2,1-3H3,(H2,22,25)/t14-,15+,16?,17?. The van der Waals surface area contributed by atoms with Gasteiger partial charge in [-0.1, -0.05) is 17.7 Å². The Kier molecular flexibility index (Phi) is 6.10. The molecule has 1 amide bonds. The first-order valence-electron chi connectivity index (χ1n) is 9.39. The molecule has 1 aromatic carbocycles. The van der Waals surface area contributed by atoms with E-state index in [0.29, 0.717) is 16.8 Å². The zero-order chi connectivity index (χ0) is 18.8. The molecule has 2 aliphatic rings. The summed E-state index contributed by atoms with van der Waals surface area (Å²) in [6, 6.07) is 7.17. The SMILES string of the molecule is CN(C)C1C[C@@H]2CC(N(C)Cc3ccc(OCC(N)=O)c(Cl)c3)C[C@@H]2C1. The maximum absolute atomic E-state index is 10.8. The van der Waals surface area contributed by atoms with E-state index in [9.17, 15) is 4.79 Å². The Balaban J connectivity index is 1.54. The minimum atomic E-state index is -0.506. The number of fused-ring (bicyclic) bond motifs is 1. The lowest BCUT2D eigenvalue weighted by Crippen LogP contribution is -2.31. The fourth-order valence-corrected chi connectivity index (χ4v) is 4.92. The van der Waals surface area contributed by atoms with Crippen LogP contribution in [0.4, 0.5) is 0 Å². The van der Waals surface area contributed by atoms with Gasteiger partial charge in [-0.25, -0.2) is 0 Å². The predicted octanol–water partition coefficient (Wildman–Crippen LogP) is 2.75. The topological polar surface area (TPSA) is 58.8 Å². The molecule has 2 fully saturated rings. The van der Waals surface area contributed by atoms with E-state index in [0.717, 1.165) is 30.0 Å². The Morgan fingerprint density at radius 1 is 1.15 bits per heavy atom. The molecule has 4 atom stereocenters. The third-order valence-electron chi connectivity index (χ3n) is 6.12. The highest BCUT2D eigenvalue weighted by Gasteiger charge is 2.43. The number of amides is 1. The molecule has 6 heteroatoms. The molecule has 0 saturated heterocycles. The second-order valence-corrected chi connectivity index (χ2v) is 8.58. The second kappa shape index (κ2) is 8.15. The molecule has 5 nitrogen and oxygen atoms in total. The van der Waals surface area contributed by atoms with E-state index in [2.05, 4.69) is 30.9 Å². The summed E-state index contributed by atoms with van der Waals surface area (Å²) in [7, 11) is 6.62. The average molecular weight is 380 g/mol. The highest BCUT2D eigenvalue weighted by molar-refractivity contribution is 6.32. The van der Waals surface area contributed by atoms with Crippen LogP contribution < -0.4 is 10.5 Å². The van der Waals surface area contributed by atoms with Crippen molar-refractivity contribution in [3.63, 3.8) is 0 Å². The quantitative estimate of drug-likeness (QED) is 0.791. The molecule has 0 spiro atoms. The van der Waals surface area contributed by atoms with Crippen LogP contribution in [0.5, 0.6) is 5.75 Å². The van der Waals surface area contributed by atoms with Gasteiger partial charge in [-0.2, -0.15) is 0 Å². The molecule has 2 aliphatic carbocycles. The lowest BCUT2D eigenvalue weighted by molar-refractivity contribution is -0.119. The largest absolute Gasteiger partial charge is 0.482 e. The molecule has 0 heterocycles. The summed E-state index contributed by atoms with van der Waals surface area (Å²) in [5, 5.41) is 0.522. The van der Waals surface area contributed by atoms with Gasteiger partial charge in [-0.15, -0.1) is 0 Å². The number of primary amides is 1. The monoisotopic (exact) mass is 379 g/mol. The number of ether oxygens (including phenoxy) is 1. The van der Waals surface area contributed by atoms with Crippen molar-refractivity contribution in [2.45, 2.75) is 44.3 Å². The van der Waals surface area contributed by atoms with Crippen molar-refractivity contribution in [2.75, 3.05) is 27.7 Å².